The van der Waals surface area contributed by atoms with E-state index in [0.717, 1.165) is 6.26 Å². The molecule has 0 atom stereocenters. The highest BCUT2D eigenvalue weighted by atomic mass is 32.2. The molecule has 1 aromatic carbocycles. The molecule has 2 rings (SSSR count). The number of nitrogens with two attached hydrogens (primary N) is 1. The van der Waals surface area contributed by atoms with Crippen LogP contribution < -0.4 is 5.73 Å². The van der Waals surface area contributed by atoms with Gasteiger partial charge in [-0.15, -0.1) is 10.2 Å². The van der Waals surface area contributed by atoms with E-state index in [1.807, 2.05) is 0 Å². The van der Waals surface area contributed by atoms with Crippen molar-refractivity contribution in [2.75, 3.05) is 19.4 Å². The summed E-state index contributed by atoms with van der Waals surface area (Å²) in [6.07, 6.45) is -3.39. The minimum absolute atomic E-state index is 0.0165. The largest absolute Gasteiger partial charge is 0.465 e. The molecule has 0 fully saturated rings. The first-order valence-corrected chi connectivity index (χ1v) is 10.2. The zero-order valence-electron chi connectivity index (χ0n) is 15.8. The molecular weight excluding hydrogens is 429 g/mol. The molecule has 162 valence electrons. The van der Waals surface area contributed by atoms with Gasteiger partial charge in [-0.2, -0.15) is 13.2 Å². The van der Waals surface area contributed by atoms with E-state index >= 15 is 0 Å². The SMILES string of the molecule is CCOC(=O)CN=C(/C=C(\N)C(F)(F)F)c1nnc(-c2cccc(S(C)(=O)=O)c2)o1. The maximum atomic E-state index is 12.8. The molecule has 2 N–H and O–H groups in total. The second-order valence-electron chi connectivity index (χ2n) is 5.82. The van der Waals surface area contributed by atoms with Gasteiger partial charge in [0.25, 0.3) is 5.89 Å². The minimum atomic E-state index is -4.85. The molecule has 0 amide bonds. The zero-order valence-corrected chi connectivity index (χ0v) is 16.6. The number of sulfone groups is 1. The van der Waals surface area contributed by atoms with Crippen LogP contribution in [0.4, 0.5) is 13.2 Å². The van der Waals surface area contributed by atoms with E-state index in [2.05, 4.69) is 19.9 Å². The van der Waals surface area contributed by atoms with Crippen molar-refractivity contribution in [3.8, 4) is 11.5 Å². The van der Waals surface area contributed by atoms with Crippen molar-refractivity contribution in [3.05, 3.63) is 41.9 Å². The average molecular weight is 446 g/mol. The third-order valence-electron chi connectivity index (χ3n) is 3.46. The van der Waals surface area contributed by atoms with Crippen LogP contribution in [0.1, 0.15) is 12.8 Å². The molecule has 0 aliphatic heterocycles. The van der Waals surface area contributed by atoms with E-state index < -0.39 is 45.8 Å². The summed E-state index contributed by atoms with van der Waals surface area (Å²) in [5.74, 6) is -1.40. The van der Waals surface area contributed by atoms with Gasteiger partial charge >= 0.3 is 12.1 Å². The number of benzene rings is 1. The van der Waals surface area contributed by atoms with Crippen LogP contribution >= 0.6 is 0 Å². The van der Waals surface area contributed by atoms with E-state index in [-0.39, 0.29) is 23.0 Å². The van der Waals surface area contributed by atoms with Crippen LogP contribution in [0.5, 0.6) is 0 Å². The smallest absolute Gasteiger partial charge is 0.430 e. The lowest BCUT2D eigenvalue weighted by Crippen LogP contribution is -2.21. The van der Waals surface area contributed by atoms with Crippen LogP contribution in [0.15, 0.2) is 50.3 Å². The number of ether oxygens (including phenoxy) is 1. The van der Waals surface area contributed by atoms with Gasteiger partial charge < -0.3 is 14.9 Å². The molecule has 0 aliphatic carbocycles. The summed E-state index contributed by atoms with van der Waals surface area (Å²) >= 11 is 0. The van der Waals surface area contributed by atoms with Gasteiger partial charge in [0.05, 0.1) is 11.5 Å². The molecule has 0 spiro atoms. The van der Waals surface area contributed by atoms with E-state index in [0.29, 0.717) is 6.08 Å². The third-order valence-corrected chi connectivity index (χ3v) is 4.57. The molecule has 13 heteroatoms. The number of aliphatic imine (C=N–C) groups is 1. The highest BCUT2D eigenvalue weighted by Gasteiger charge is 2.32. The fourth-order valence-electron chi connectivity index (χ4n) is 2.06. The number of hydrogen-bond acceptors (Lipinski definition) is 9. The van der Waals surface area contributed by atoms with Crippen molar-refractivity contribution in [2.24, 2.45) is 10.7 Å². The molecule has 2 aromatic rings. The summed E-state index contributed by atoms with van der Waals surface area (Å²) in [6, 6.07) is 5.53. The Morgan fingerprint density at radius 3 is 2.63 bits per heavy atom. The molecule has 9 nitrogen and oxygen atoms in total. The Kier molecular flexibility index (Phi) is 6.97. The van der Waals surface area contributed by atoms with Crippen molar-refractivity contribution in [1.82, 2.24) is 10.2 Å². The van der Waals surface area contributed by atoms with E-state index in [1.54, 1.807) is 6.92 Å². The number of nitrogens with zero attached hydrogens (tertiary/aromatic N) is 3. The maximum absolute atomic E-state index is 12.8. The number of alkyl halides is 3. The highest BCUT2D eigenvalue weighted by molar-refractivity contribution is 7.90. The highest BCUT2D eigenvalue weighted by Crippen LogP contribution is 2.24. The second-order valence-corrected chi connectivity index (χ2v) is 7.83. The van der Waals surface area contributed by atoms with E-state index in [1.165, 1.54) is 24.3 Å². The van der Waals surface area contributed by atoms with Crippen molar-refractivity contribution < 1.29 is 35.5 Å². The summed E-state index contributed by atoms with van der Waals surface area (Å²) < 4.78 is 71.8. The Morgan fingerprint density at radius 2 is 2.03 bits per heavy atom. The predicted molar refractivity (Wildman–Crippen MR) is 99.2 cm³/mol. The number of hydrogen-bond donors (Lipinski definition) is 1. The lowest BCUT2D eigenvalue weighted by Gasteiger charge is -2.06. The fraction of sp³-hybridized carbons (Fsp3) is 0.294. The number of carbonyl (C=O) groups excluding carboxylic acids is 1. The summed E-state index contributed by atoms with van der Waals surface area (Å²) in [5.41, 5.74) is 3.25. The molecule has 1 heterocycles. The zero-order chi connectivity index (χ0) is 22.5. The van der Waals surface area contributed by atoms with Crippen molar-refractivity contribution in [2.45, 2.75) is 18.0 Å². The minimum Gasteiger partial charge on any atom is -0.465 e. The van der Waals surface area contributed by atoms with Gasteiger partial charge in [0.15, 0.2) is 9.84 Å². The number of allylic oxidation sites excluding steroid dienone is 2. The van der Waals surface area contributed by atoms with Crippen LogP contribution in [0.3, 0.4) is 0 Å². The first kappa shape index (κ1) is 23.1. The Morgan fingerprint density at radius 1 is 1.33 bits per heavy atom. The van der Waals surface area contributed by atoms with Crippen molar-refractivity contribution >= 4 is 21.5 Å². The standard InChI is InChI=1S/C17H17F3N4O5S/c1-3-28-14(25)9-22-12(8-13(21)17(18,19)20)16-24-23-15(29-16)10-5-4-6-11(7-10)30(2,26)27/h4-8H,3,9,21H2,1-2H3/b13-8-,22-12?. The Bertz CT molecular complexity index is 1090. The average Bonchev–Trinajstić information content (AvgIpc) is 3.14. The van der Waals surface area contributed by atoms with Gasteiger partial charge in [0, 0.05) is 11.8 Å². The molecule has 30 heavy (non-hydrogen) atoms. The van der Waals surface area contributed by atoms with Crippen LogP contribution in [0, 0.1) is 0 Å². The molecular formula is C17H17F3N4O5S. The molecule has 0 unspecified atom stereocenters. The molecule has 0 saturated carbocycles. The number of halogens is 3. The van der Waals surface area contributed by atoms with Crippen LogP contribution in [0.25, 0.3) is 11.5 Å². The Labute approximate surface area is 169 Å². The van der Waals surface area contributed by atoms with Crippen molar-refractivity contribution in [1.29, 1.82) is 0 Å². The van der Waals surface area contributed by atoms with Gasteiger partial charge in [-0.1, -0.05) is 6.07 Å². The lowest BCUT2D eigenvalue weighted by atomic mass is 10.2. The maximum Gasteiger partial charge on any atom is 0.430 e. The Balaban J connectivity index is 2.45. The van der Waals surface area contributed by atoms with Gasteiger partial charge in [0.2, 0.25) is 5.89 Å². The molecule has 0 aliphatic rings. The number of aromatic nitrogens is 2. The molecule has 1 aromatic heterocycles. The topological polar surface area (TPSA) is 138 Å². The summed E-state index contributed by atoms with van der Waals surface area (Å²) in [7, 11) is -3.51. The quantitative estimate of drug-likeness (QED) is 0.503. The van der Waals surface area contributed by atoms with E-state index in [4.69, 9.17) is 10.2 Å². The molecule has 0 radical (unpaired) electrons. The summed E-state index contributed by atoms with van der Waals surface area (Å²) in [5, 5.41) is 7.33. The molecule has 0 bridgehead atoms. The van der Waals surface area contributed by atoms with Gasteiger partial charge in [-0.05, 0) is 31.2 Å². The number of carbonyl (C=O) groups is 1. The van der Waals surface area contributed by atoms with Crippen LogP contribution in [-0.2, 0) is 19.4 Å². The predicted octanol–water partition coefficient (Wildman–Crippen LogP) is 1.90. The summed E-state index contributed by atoms with van der Waals surface area (Å²) in [6.45, 7) is 1.01. The van der Waals surface area contributed by atoms with Crippen molar-refractivity contribution in [3.63, 3.8) is 0 Å². The third kappa shape index (κ3) is 6.14. The second kappa shape index (κ2) is 9.07. The normalized spacial score (nSPS) is 13.4. The number of rotatable bonds is 7. The van der Waals surface area contributed by atoms with Crippen LogP contribution in [0.2, 0.25) is 0 Å². The Hall–Kier alpha value is -3.22. The monoisotopic (exact) mass is 446 g/mol. The van der Waals surface area contributed by atoms with Gasteiger partial charge in [0.1, 0.15) is 18.0 Å². The number of esters is 1. The van der Waals surface area contributed by atoms with Crippen LogP contribution in [-0.4, -0.2) is 55.9 Å². The first-order chi connectivity index (χ1) is 13.9. The fourth-order valence-corrected chi connectivity index (χ4v) is 2.73. The lowest BCUT2D eigenvalue weighted by molar-refractivity contribution is -0.141. The summed E-state index contributed by atoms with van der Waals surface area (Å²) in [4.78, 5) is 15.2. The van der Waals surface area contributed by atoms with Gasteiger partial charge in [-0.25, -0.2) is 8.42 Å². The first-order valence-electron chi connectivity index (χ1n) is 8.30. The van der Waals surface area contributed by atoms with Gasteiger partial charge in [-0.3, -0.25) is 9.79 Å². The van der Waals surface area contributed by atoms with E-state index in [9.17, 15) is 26.4 Å². The molecule has 0 saturated heterocycles.